The number of ether oxygens (including phenoxy) is 1. The topological polar surface area (TPSA) is 59.5 Å². The molecule has 9 heteroatoms. The van der Waals surface area contributed by atoms with E-state index >= 15 is 0 Å². The zero-order chi connectivity index (χ0) is 23.9. The van der Waals surface area contributed by atoms with Crippen LogP contribution in [0.15, 0.2) is 48.7 Å². The van der Waals surface area contributed by atoms with E-state index in [2.05, 4.69) is 36.3 Å². The normalized spacial score (nSPS) is 31.3. The van der Waals surface area contributed by atoms with Gasteiger partial charge in [-0.05, 0) is 18.6 Å². The van der Waals surface area contributed by atoms with Gasteiger partial charge in [0, 0.05) is 36.8 Å². The van der Waals surface area contributed by atoms with Crippen molar-refractivity contribution >= 4 is 35.2 Å². The monoisotopic (exact) mass is 627 g/mol. The summed E-state index contributed by atoms with van der Waals surface area (Å²) in [6.45, 7) is 2.90. The van der Waals surface area contributed by atoms with Gasteiger partial charge in [0.25, 0.3) is 5.91 Å². The van der Waals surface area contributed by atoms with Gasteiger partial charge in [-0.15, -0.1) is 11.8 Å². The predicted molar refractivity (Wildman–Crippen MR) is 133 cm³/mol. The molecule has 6 nitrogen and oxygen atoms in total. The third-order valence-electron chi connectivity index (χ3n) is 8.24. The van der Waals surface area contributed by atoms with Gasteiger partial charge >= 0.3 is 5.97 Å². The number of rotatable bonds is 6. The number of likely N-dealkylation sites (N-methyl/N-ethyl adjacent to an activating group) is 1. The van der Waals surface area contributed by atoms with Gasteiger partial charge in [-0.25, -0.2) is 9.78 Å². The van der Waals surface area contributed by atoms with Crippen LogP contribution in [0.1, 0.15) is 43.2 Å². The Balaban J connectivity index is 0.00000289. The average Bonchev–Trinajstić information content (AvgIpc) is 3.50. The molecule has 1 aromatic carbocycles. The fraction of sp³-hybridized carbons (Fsp3) is 0.500. The lowest BCUT2D eigenvalue weighted by atomic mass is 9.73. The maximum Gasteiger partial charge on any atom is 0.329 e. The van der Waals surface area contributed by atoms with Gasteiger partial charge in [0.15, 0.2) is 5.54 Å². The minimum Gasteiger partial charge on any atom is -1.00 e. The first kappa shape index (κ1) is 26.7. The first-order valence-electron chi connectivity index (χ1n) is 12.0. The zero-order valence-electron chi connectivity index (χ0n) is 20.0. The summed E-state index contributed by atoms with van der Waals surface area (Å²) in [7, 11) is 2.24. The van der Waals surface area contributed by atoms with E-state index in [0.29, 0.717) is 33.9 Å². The molecule has 0 radical (unpaired) electrons. The molecule has 3 saturated heterocycles. The fourth-order valence-corrected chi connectivity index (χ4v) is 7.89. The zero-order valence-corrected chi connectivity index (χ0v) is 23.8. The van der Waals surface area contributed by atoms with E-state index in [-0.39, 0.29) is 41.8 Å². The number of hydrogen-bond acceptors (Lipinski definition) is 5. The summed E-state index contributed by atoms with van der Waals surface area (Å²) >= 11 is 7.73. The number of carbonyl (C=O) groups excluding carboxylic acids is 2. The van der Waals surface area contributed by atoms with Crippen LogP contribution in [0, 0.1) is 0 Å². The molecule has 2 aromatic rings. The molecule has 1 amide bonds. The lowest BCUT2D eigenvalue weighted by Crippen LogP contribution is -3.00. The molecule has 0 aliphatic carbocycles. The highest BCUT2D eigenvalue weighted by Crippen LogP contribution is 2.60. The highest BCUT2D eigenvalue weighted by Gasteiger charge is 2.73. The van der Waals surface area contributed by atoms with E-state index < -0.39 is 11.6 Å². The molecule has 1 aromatic heterocycles. The van der Waals surface area contributed by atoms with Crippen molar-refractivity contribution in [2.45, 2.75) is 56.3 Å². The maximum absolute atomic E-state index is 14.6. The molecule has 0 saturated carbocycles. The predicted octanol–water partition coefficient (Wildman–Crippen LogP) is 1.24. The summed E-state index contributed by atoms with van der Waals surface area (Å²) in [5, 5.41) is 0.451. The van der Waals surface area contributed by atoms with Gasteiger partial charge in [0.2, 0.25) is 0 Å². The summed E-state index contributed by atoms with van der Waals surface area (Å²) in [6.07, 6.45) is 4.54. The number of aromatic nitrogens is 1. The van der Waals surface area contributed by atoms with Crippen LogP contribution in [0.4, 0.5) is 0 Å². The average molecular weight is 628 g/mol. The molecule has 3 aliphatic rings. The van der Waals surface area contributed by atoms with Gasteiger partial charge in [0.1, 0.15) is 17.7 Å². The highest BCUT2D eigenvalue weighted by molar-refractivity contribution is 7.99. The molecule has 2 bridgehead atoms. The second-order valence-electron chi connectivity index (χ2n) is 9.77. The Morgan fingerprint density at radius 1 is 1.26 bits per heavy atom. The van der Waals surface area contributed by atoms with Crippen molar-refractivity contribution in [1.29, 1.82) is 0 Å². The number of fused-ring (bicyclic) bond motifs is 2. The van der Waals surface area contributed by atoms with Crippen LogP contribution in [0.2, 0.25) is 5.15 Å². The minimum absolute atomic E-state index is 0. The second kappa shape index (κ2) is 10.6. The standard InChI is InChI=1S/C26H31ClN3O3S.HI/c1-3-33-24(31)22-16-34-17-29(22)25(32)26-12-11-20(13-21(26)19-9-10-23(27)28-14-19)30(26,2)15-18-7-5-4-6-8-18;/h4-10,14,20-22H,3,11-13,15-17H2,1-2H3;1H/q+1;/p-1/t20-,21-,22?,26-,30?;/m0./s1. The summed E-state index contributed by atoms with van der Waals surface area (Å²) in [5.74, 6) is 0.900. The number of pyridine rings is 1. The van der Waals surface area contributed by atoms with E-state index in [1.807, 2.05) is 24.4 Å². The number of amides is 1. The number of quaternary nitrogens is 1. The number of thioether (sulfide) groups is 1. The SMILES string of the molecule is CCOC(=O)C1CSCN1C(=O)[C@]12CC[C@@H](C[C@H]1c1ccc(Cl)nc1)[N+]2(C)Cc1ccccc1.[I-]. The molecule has 35 heavy (non-hydrogen) atoms. The third-order valence-corrected chi connectivity index (χ3v) is 9.47. The van der Waals surface area contributed by atoms with Crippen LogP contribution < -0.4 is 24.0 Å². The number of esters is 1. The van der Waals surface area contributed by atoms with Crippen LogP contribution in [0.25, 0.3) is 0 Å². The smallest absolute Gasteiger partial charge is 0.329 e. The highest BCUT2D eigenvalue weighted by atomic mass is 127. The molecule has 0 spiro atoms. The van der Waals surface area contributed by atoms with Crippen molar-refractivity contribution in [3.05, 3.63) is 64.9 Å². The number of hydrogen-bond donors (Lipinski definition) is 0. The van der Waals surface area contributed by atoms with Crippen molar-refractivity contribution in [2.24, 2.45) is 0 Å². The summed E-state index contributed by atoms with van der Waals surface area (Å²) in [4.78, 5) is 33.6. The van der Waals surface area contributed by atoms with Gasteiger partial charge in [-0.3, -0.25) is 4.79 Å². The molecular weight excluding hydrogens is 597 g/mol. The van der Waals surface area contributed by atoms with Crippen molar-refractivity contribution < 1.29 is 42.8 Å². The van der Waals surface area contributed by atoms with Crippen LogP contribution >= 0.6 is 23.4 Å². The van der Waals surface area contributed by atoms with Gasteiger partial charge < -0.3 is 38.1 Å². The Labute approximate surface area is 233 Å². The Bertz CT molecular complexity index is 1080. The Kier molecular flexibility index (Phi) is 8.05. The van der Waals surface area contributed by atoms with E-state index in [9.17, 15) is 9.59 Å². The summed E-state index contributed by atoms with van der Waals surface area (Å²) in [6, 6.07) is 14.1. The van der Waals surface area contributed by atoms with Crippen LogP contribution in [0.3, 0.4) is 0 Å². The first-order chi connectivity index (χ1) is 16.4. The molecule has 188 valence electrons. The number of benzene rings is 1. The van der Waals surface area contributed by atoms with Gasteiger partial charge in [-0.1, -0.05) is 48.0 Å². The fourth-order valence-electron chi connectivity index (χ4n) is 6.64. The van der Waals surface area contributed by atoms with Crippen LogP contribution in [0.5, 0.6) is 0 Å². The van der Waals surface area contributed by atoms with Crippen molar-refractivity contribution in [3.63, 3.8) is 0 Å². The molecule has 3 fully saturated rings. The number of halogens is 2. The first-order valence-corrected chi connectivity index (χ1v) is 13.5. The van der Waals surface area contributed by atoms with E-state index in [1.165, 1.54) is 5.56 Å². The Hall–Kier alpha value is -1.36. The summed E-state index contributed by atoms with van der Waals surface area (Å²) in [5.41, 5.74) is 1.62. The molecule has 5 atom stereocenters. The second-order valence-corrected chi connectivity index (χ2v) is 11.2. The quantitative estimate of drug-likeness (QED) is 0.209. The summed E-state index contributed by atoms with van der Waals surface area (Å²) < 4.78 is 5.99. The Morgan fingerprint density at radius 3 is 2.71 bits per heavy atom. The molecular formula is C26H31ClIN3O3S. The van der Waals surface area contributed by atoms with Crippen LogP contribution in [-0.4, -0.2) is 69.2 Å². The minimum atomic E-state index is -0.661. The molecule has 0 N–H and O–H groups in total. The van der Waals surface area contributed by atoms with E-state index in [1.54, 1.807) is 23.6 Å². The van der Waals surface area contributed by atoms with E-state index in [4.69, 9.17) is 16.3 Å². The van der Waals surface area contributed by atoms with Crippen molar-refractivity contribution in [3.8, 4) is 0 Å². The van der Waals surface area contributed by atoms with Crippen molar-refractivity contribution in [2.75, 3.05) is 25.3 Å². The largest absolute Gasteiger partial charge is 1.00 e. The van der Waals surface area contributed by atoms with Gasteiger partial charge in [-0.2, -0.15) is 0 Å². The van der Waals surface area contributed by atoms with E-state index in [0.717, 1.165) is 31.4 Å². The lowest BCUT2D eigenvalue weighted by Gasteiger charge is -2.47. The molecule has 4 heterocycles. The number of nitrogens with zero attached hydrogens (tertiary/aromatic N) is 3. The van der Waals surface area contributed by atoms with Crippen LogP contribution in [-0.2, 0) is 20.9 Å². The third kappa shape index (κ3) is 4.38. The van der Waals surface area contributed by atoms with Crippen molar-refractivity contribution in [1.82, 2.24) is 9.88 Å². The molecule has 5 rings (SSSR count). The number of carbonyl (C=O) groups is 2. The molecule has 3 aliphatic heterocycles. The lowest BCUT2D eigenvalue weighted by molar-refractivity contribution is -0.958. The van der Waals surface area contributed by atoms with Gasteiger partial charge in [0.05, 0.1) is 31.5 Å². The maximum atomic E-state index is 14.6. The molecule has 2 unspecified atom stereocenters. The Morgan fingerprint density at radius 2 is 2.03 bits per heavy atom.